The standard InChI is InChI=1S/C13H24O3/c1-10(13(15)16)7-12(9-14)8-11-5-3-2-4-6-11/h10-12,14H,2-9H2,1H3,(H,15,16). The molecule has 0 amide bonds. The second-order valence-electron chi connectivity index (χ2n) is 5.26. The third kappa shape index (κ3) is 4.52. The summed E-state index contributed by atoms with van der Waals surface area (Å²) in [5.41, 5.74) is 0. The van der Waals surface area contributed by atoms with E-state index in [4.69, 9.17) is 5.11 Å². The highest BCUT2D eigenvalue weighted by Crippen LogP contribution is 2.31. The van der Waals surface area contributed by atoms with E-state index in [-0.39, 0.29) is 18.4 Å². The summed E-state index contributed by atoms with van der Waals surface area (Å²) in [6.45, 7) is 1.86. The zero-order chi connectivity index (χ0) is 12.0. The van der Waals surface area contributed by atoms with Crippen LogP contribution in [0.2, 0.25) is 0 Å². The van der Waals surface area contributed by atoms with Crippen molar-refractivity contribution in [2.45, 2.75) is 51.9 Å². The lowest BCUT2D eigenvalue weighted by Crippen LogP contribution is -2.20. The van der Waals surface area contributed by atoms with Crippen molar-refractivity contribution >= 4 is 5.97 Å². The number of aliphatic hydroxyl groups excluding tert-OH is 1. The van der Waals surface area contributed by atoms with Crippen molar-refractivity contribution < 1.29 is 15.0 Å². The quantitative estimate of drug-likeness (QED) is 0.735. The summed E-state index contributed by atoms with van der Waals surface area (Å²) in [4.78, 5) is 10.8. The van der Waals surface area contributed by atoms with E-state index in [1.54, 1.807) is 6.92 Å². The Morgan fingerprint density at radius 3 is 2.44 bits per heavy atom. The highest BCUT2D eigenvalue weighted by molar-refractivity contribution is 5.69. The molecule has 0 radical (unpaired) electrons. The number of carboxylic acids is 1. The van der Waals surface area contributed by atoms with Gasteiger partial charge < -0.3 is 10.2 Å². The van der Waals surface area contributed by atoms with E-state index in [0.29, 0.717) is 12.3 Å². The van der Waals surface area contributed by atoms with Crippen molar-refractivity contribution in [3.63, 3.8) is 0 Å². The number of carbonyl (C=O) groups is 1. The summed E-state index contributed by atoms with van der Waals surface area (Å²) < 4.78 is 0. The molecule has 0 aromatic rings. The predicted octanol–water partition coefficient (Wildman–Crippen LogP) is 2.68. The van der Waals surface area contributed by atoms with Gasteiger partial charge in [-0.1, -0.05) is 39.0 Å². The Balaban J connectivity index is 2.32. The molecule has 16 heavy (non-hydrogen) atoms. The number of rotatable bonds is 6. The van der Waals surface area contributed by atoms with E-state index in [1.807, 2.05) is 0 Å². The van der Waals surface area contributed by atoms with Crippen LogP contribution in [0, 0.1) is 17.8 Å². The third-order valence-electron chi connectivity index (χ3n) is 3.76. The zero-order valence-electron chi connectivity index (χ0n) is 10.2. The van der Waals surface area contributed by atoms with E-state index in [1.165, 1.54) is 32.1 Å². The van der Waals surface area contributed by atoms with Crippen LogP contribution in [-0.2, 0) is 4.79 Å². The highest BCUT2D eigenvalue weighted by atomic mass is 16.4. The maximum absolute atomic E-state index is 10.8. The Morgan fingerprint density at radius 1 is 1.31 bits per heavy atom. The first kappa shape index (κ1) is 13.5. The van der Waals surface area contributed by atoms with E-state index >= 15 is 0 Å². The topological polar surface area (TPSA) is 57.5 Å². The van der Waals surface area contributed by atoms with Gasteiger partial charge in [0.2, 0.25) is 0 Å². The van der Waals surface area contributed by atoms with Gasteiger partial charge in [-0.2, -0.15) is 0 Å². The number of carboxylic acid groups (broad SMARTS) is 1. The SMILES string of the molecule is CC(CC(CO)CC1CCCCC1)C(=O)O. The molecule has 2 atom stereocenters. The van der Waals surface area contributed by atoms with Crippen LogP contribution in [0.15, 0.2) is 0 Å². The number of aliphatic carboxylic acids is 1. The second kappa shape index (κ2) is 6.89. The molecular weight excluding hydrogens is 204 g/mol. The number of aliphatic hydroxyl groups is 1. The second-order valence-corrected chi connectivity index (χ2v) is 5.26. The van der Waals surface area contributed by atoms with Crippen LogP contribution in [0.1, 0.15) is 51.9 Å². The highest BCUT2D eigenvalue weighted by Gasteiger charge is 2.22. The van der Waals surface area contributed by atoms with E-state index in [9.17, 15) is 9.90 Å². The molecule has 0 saturated heterocycles. The molecule has 1 fully saturated rings. The largest absolute Gasteiger partial charge is 0.481 e. The van der Waals surface area contributed by atoms with Crippen LogP contribution in [0.4, 0.5) is 0 Å². The number of hydrogen-bond acceptors (Lipinski definition) is 2. The van der Waals surface area contributed by atoms with Crippen LogP contribution in [0.5, 0.6) is 0 Å². The summed E-state index contributed by atoms with van der Waals surface area (Å²) in [6, 6.07) is 0. The summed E-state index contributed by atoms with van der Waals surface area (Å²) in [6.07, 6.45) is 8.09. The molecule has 94 valence electrons. The lowest BCUT2D eigenvalue weighted by Gasteiger charge is -2.26. The molecule has 0 spiro atoms. The lowest BCUT2D eigenvalue weighted by molar-refractivity contribution is -0.141. The minimum Gasteiger partial charge on any atom is -0.481 e. The first-order chi connectivity index (χ1) is 7.63. The smallest absolute Gasteiger partial charge is 0.306 e. The average Bonchev–Trinajstić information content (AvgIpc) is 2.29. The minimum absolute atomic E-state index is 0.133. The molecule has 0 aliphatic heterocycles. The molecule has 2 unspecified atom stereocenters. The Bertz CT molecular complexity index is 209. The van der Waals surface area contributed by atoms with Crippen molar-refractivity contribution in [3.8, 4) is 0 Å². The Morgan fingerprint density at radius 2 is 1.94 bits per heavy atom. The van der Waals surface area contributed by atoms with Crippen LogP contribution >= 0.6 is 0 Å². The van der Waals surface area contributed by atoms with Crippen molar-refractivity contribution in [2.75, 3.05) is 6.61 Å². The molecule has 1 saturated carbocycles. The van der Waals surface area contributed by atoms with Gasteiger partial charge in [-0.25, -0.2) is 0 Å². The van der Waals surface area contributed by atoms with Crippen LogP contribution in [0.3, 0.4) is 0 Å². The van der Waals surface area contributed by atoms with Crippen LogP contribution in [0.25, 0.3) is 0 Å². The van der Waals surface area contributed by atoms with Gasteiger partial charge in [-0.15, -0.1) is 0 Å². The van der Waals surface area contributed by atoms with Gasteiger partial charge in [-0.3, -0.25) is 4.79 Å². The molecule has 1 rings (SSSR count). The molecule has 3 heteroatoms. The molecule has 0 aromatic heterocycles. The Hall–Kier alpha value is -0.570. The fourth-order valence-corrected chi connectivity index (χ4v) is 2.74. The zero-order valence-corrected chi connectivity index (χ0v) is 10.2. The Kier molecular flexibility index (Phi) is 5.81. The lowest BCUT2D eigenvalue weighted by atomic mass is 9.80. The van der Waals surface area contributed by atoms with Gasteiger partial charge in [0.05, 0.1) is 5.92 Å². The Labute approximate surface area is 97.9 Å². The fourth-order valence-electron chi connectivity index (χ4n) is 2.74. The maximum Gasteiger partial charge on any atom is 0.306 e. The van der Waals surface area contributed by atoms with Crippen molar-refractivity contribution in [1.82, 2.24) is 0 Å². The predicted molar refractivity (Wildman–Crippen MR) is 63.2 cm³/mol. The molecule has 1 aliphatic rings. The first-order valence-corrected chi connectivity index (χ1v) is 6.47. The molecular formula is C13H24O3. The average molecular weight is 228 g/mol. The van der Waals surface area contributed by atoms with Crippen LogP contribution in [-0.4, -0.2) is 22.8 Å². The fraction of sp³-hybridized carbons (Fsp3) is 0.923. The van der Waals surface area contributed by atoms with Gasteiger partial charge in [0.1, 0.15) is 0 Å². The maximum atomic E-state index is 10.8. The van der Waals surface area contributed by atoms with Gasteiger partial charge in [-0.05, 0) is 24.7 Å². The van der Waals surface area contributed by atoms with Crippen molar-refractivity contribution in [2.24, 2.45) is 17.8 Å². The molecule has 3 nitrogen and oxygen atoms in total. The number of hydrogen-bond donors (Lipinski definition) is 2. The summed E-state index contributed by atoms with van der Waals surface area (Å²) in [7, 11) is 0. The third-order valence-corrected chi connectivity index (χ3v) is 3.76. The summed E-state index contributed by atoms with van der Waals surface area (Å²) >= 11 is 0. The normalized spacial score (nSPS) is 21.6. The molecule has 0 aromatic carbocycles. The van der Waals surface area contributed by atoms with Gasteiger partial charge in [0.15, 0.2) is 0 Å². The molecule has 2 N–H and O–H groups in total. The molecule has 0 bridgehead atoms. The summed E-state index contributed by atoms with van der Waals surface area (Å²) in [5, 5.41) is 18.1. The molecule has 1 aliphatic carbocycles. The minimum atomic E-state index is -0.748. The van der Waals surface area contributed by atoms with E-state index in [0.717, 1.165) is 6.42 Å². The van der Waals surface area contributed by atoms with Crippen molar-refractivity contribution in [1.29, 1.82) is 0 Å². The van der Waals surface area contributed by atoms with Crippen molar-refractivity contribution in [3.05, 3.63) is 0 Å². The monoisotopic (exact) mass is 228 g/mol. The van der Waals surface area contributed by atoms with Gasteiger partial charge in [0, 0.05) is 6.61 Å². The summed E-state index contributed by atoms with van der Waals surface area (Å²) in [5.74, 6) is -0.191. The molecule has 0 heterocycles. The van der Waals surface area contributed by atoms with Gasteiger partial charge >= 0.3 is 5.97 Å². The first-order valence-electron chi connectivity index (χ1n) is 6.47. The van der Waals surface area contributed by atoms with E-state index in [2.05, 4.69) is 0 Å². The van der Waals surface area contributed by atoms with Crippen LogP contribution < -0.4 is 0 Å². The van der Waals surface area contributed by atoms with Gasteiger partial charge in [0.25, 0.3) is 0 Å². The van der Waals surface area contributed by atoms with E-state index < -0.39 is 5.97 Å².